The number of unbranched alkanes of at least 4 members (excludes halogenated alkanes) is 8. The summed E-state index contributed by atoms with van der Waals surface area (Å²) in [5.74, 6) is 0. The van der Waals surface area contributed by atoms with Crippen LogP contribution in [0.4, 0.5) is 0 Å². The quantitative estimate of drug-likeness (QED) is 0.140. The Bertz CT molecular complexity index is 538. The molecule has 0 N–H and O–H groups in total. The Morgan fingerprint density at radius 2 is 1.48 bits per heavy atom. The second-order valence-corrected chi connectivity index (χ2v) is 6.38. The van der Waals surface area contributed by atoms with Crippen molar-refractivity contribution in [2.45, 2.75) is 84.0 Å². The van der Waals surface area contributed by atoms with Crippen molar-refractivity contribution in [3.05, 3.63) is 55.9 Å². The van der Waals surface area contributed by atoms with Crippen molar-refractivity contribution in [1.82, 2.24) is 0 Å². The SMILES string of the molecule is CCCCCCCC/C=C(\C/C(=C\C/C=C\CCC[C]=O)[N+](=O)[O-])[N+](=O)[O-]. The summed E-state index contributed by atoms with van der Waals surface area (Å²) in [4.78, 5) is 31.3. The molecule has 0 aromatic heterocycles. The minimum absolute atomic E-state index is 0.114. The van der Waals surface area contributed by atoms with Crippen LogP contribution in [0.2, 0.25) is 0 Å². The highest BCUT2D eigenvalue weighted by molar-refractivity contribution is 5.50. The lowest BCUT2D eigenvalue weighted by Crippen LogP contribution is -2.06. The molecule has 0 aliphatic rings. The Balaban J connectivity index is 4.54. The molecule has 0 aliphatic carbocycles. The molecule has 7 nitrogen and oxygen atoms in total. The van der Waals surface area contributed by atoms with E-state index in [1.165, 1.54) is 31.4 Å². The van der Waals surface area contributed by atoms with E-state index in [2.05, 4.69) is 6.92 Å². The van der Waals surface area contributed by atoms with E-state index >= 15 is 0 Å². The first-order valence-electron chi connectivity index (χ1n) is 9.69. The van der Waals surface area contributed by atoms with Gasteiger partial charge in [-0.1, -0.05) is 51.2 Å². The zero-order valence-corrected chi connectivity index (χ0v) is 16.2. The van der Waals surface area contributed by atoms with Crippen molar-refractivity contribution in [2.24, 2.45) is 0 Å². The molecule has 0 spiro atoms. The number of hydrogen-bond donors (Lipinski definition) is 0. The van der Waals surface area contributed by atoms with E-state index in [1.54, 1.807) is 12.4 Å². The Labute approximate surface area is 161 Å². The molecule has 0 unspecified atom stereocenters. The second-order valence-electron chi connectivity index (χ2n) is 6.38. The van der Waals surface area contributed by atoms with Crippen LogP contribution in [0, 0.1) is 20.2 Å². The highest BCUT2D eigenvalue weighted by atomic mass is 16.6. The van der Waals surface area contributed by atoms with Crippen molar-refractivity contribution in [1.29, 1.82) is 0 Å². The Morgan fingerprint density at radius 1 is 0.852 bits per heavy atom. The van der Waals surface area contributed by atoms with Gasteiger partial charge in [0.2, 0.25) is 0 Å². The molecule has 0 fully saturated rings. The highest BCUT2D eigenvalue weighted by Crippen LogP contribution is 2.16. The third kappa shape index (κ3) is 14.5. The minimum Gasteiger partial charge on any atom is -0.291 e. The van der Waals surface area contributed by atoms with Crippen LogP contribution in [0.15, 0.2) is 35.7 Å². The summed E-state index contributed by atoms with van der Waals surface area (Å²) < 4.78 is 0. The molecule has 0 saturated heterocycles. The molecule has 0 rings (SSSR count). The molecule has 0 atom stereocenters. The van der Waals surface area contributed by atoms with Crippen molar-refractivity contribution >= 4 is 6.29 Å². The summed E-state index contributed by atoms with van der Waals surface area (Å²) in [5, 5.41) is 22.3. The Kier molecular flexibility index (Phi) is 15.7. The maximum atomic E-state index is 11.2. The molecule has 0 aliphatic heterocycles. The van der Waals surface area contributed by atoms with Gasteiger partial charge in [-0.25, -0.2) is 0 Å². The van der Waals surface area contributed by atoms with Gasteiger partial charge in [-0.15, -0.1) is 0 Å². The van der Waals surface area contributed by atoms with Crippen LogP contribution in [0.25, 0.3) is 0 Å². The monoisotopic (exact) mass is 379 g/mol. The highest BCUT2D eigenvalue weighted by Gasteiger charge is 2.20. The first-order valence-corrected chi connectivity index (χ1v) is 9.69. The maximum Gasteiger partial charge on any atom is 0.253 e. The molecule has 1 radical (unpaired) electrons. The summed E-state index contributed by atoms with van der Waals surface area (Å²) in [5.41, 5.74) is -0.274. The van der Waals surface area contributed by atoms with E-state index < -0.39 is 9.85 Å². The molecule has 0 aromatic rings. The van der Waals surface area contributed by atoms with Crippen LogP contribution >= 0.6 is 0 Å². The number of rotatable bonds is 17. The molecular formula is C20H31N2O5. The van der Waals surface area contributed by atoms with Crippen molar-refractivity contribution in [2.75, 3.05) is 0 Å². The van der Waals surface area contributed by atoms with Crippen molar-refractivity contribution in [3.63, 3.8) is 0 Å². The van der Waals surface area contributed by atoms with Gasteiger partial charge >= 0.3 is 0 Å². The van der Waals surface area contributed by atoms with E-state index in [0.717, 1.165) is 19.3 Å². The van der Waals surface area contributed by atoms with E-state index in [4.69, 9.17) is 0 Å². The Hall–Kier alpha value is -2.31. The first-order chi connectivity index (χ1) is 13.0. The molecule has 0 saturated carbocycles. The fraction of sp³-hybridized carbons (Fsp3) is 0.650. The van der Waals surface area contributed by atoms with Gasteiger partial charge in [-0.3, -0.25) is 25.0 Å². The average Bonchev–Trinajstić information content (AvgIpc) is 2.63. The van der Waals surface area contributed by atoms with E-state index in [9.17, 15) is 25.0 Å². The smallest absolute Gasteiger partial charge is 0.253 e. The standard InChI is InChI=1S/C20H31N2O5/c1-2-3-4-5-6-9-12-15-19(21(24)25)18-20(22(26)27)16-13-10-7-8-11-14-17-23/h7,10,15-16H,2-6,8-9,11-14,18H2,1H3/b10-7-,19-15+,20-16+. The first kappa shape index (κ1) is 24.7. The lowest BCUT2D eigenvalue weighted by atomic mass is 10.1. The van der Waals surface area contributed by atoms with Crippen LogP contribution in [0.5, 0.6) is 0 Å². The fourth-order valence-electron chi connectivity index (χ4n) is 2.51. The topological polar surface area (TPSA) is 103 Å². The number of allylic oxidation sites excluding steroid dienone is 4. The number of hydrogen-bond acceptors (Lipinski definition) is 5. The van der Waals surface area contributed by atoms with Gasteiger partial charge in [0.25, 0.3) is 11.4 Å². The number of nitrogens with zero attached hydrogens (tertiary/aromatic N) is 2. The molecule has 151 valence electrons. The summed E-state index contributed by atoms with van der Waals surface area (Å²) in [6, 6.07) is 0. The predicted molar refractivity (Wildman–Crippen MR) is 106 cm³/mol. The normalized spacial score (nSPS) is 12.5. The summed E-state index contributed by atoms with van der Waals surface area (Å²) in [6.45, 7) is 2.15. The minimum atomic E-state index is -0.558. The third-order valence-electron chi connectivity index (χ3n) is 4.07. The molecule has 0 aromatic carbocycles. The van der Waals surface area contributed by atoms with E-state index in [-0.39, 0.29) is 17.8 Å². The van der Waals surface area contributed by atoms with Crippen LogP contribution in [-0.4, -0.2) is 16.1 Å². The van der Waals surface area contributed by atoms with Crippen molar-refractivity contribution < 1.29 is 14.6 Å². The third-order valence-corrected chi connectivity index (χ3v) is 4.07. The van der Waals surface area contributed by atoms with Gasteiger partial charge in [-0.05, 0) is 44.3 Å². The lowest BCUT2D eigenvalue weighted by Gasteiger charge is -2.00. The molecule has 0 bridgehead atoms. The zero-order valence-electron chi connectivity index (χ0n) is 16.2. The fourth-order valence-corrected chi connectivity index (χ4v) is 2.51. The zero-order chi connectivity index (χ0) is 20.3. The van der Waals surface area contributed by atoms with Gasteiger partial charge in [-0.2, -0.15) is 0 Å². The van der Waals surface area contributed by atoms with Crippen molar-refractivity contribution in [3.8, 4) is 0 Å². The molecule has 27 heavy (non-hydrogen) atoms. The summed E-state index contributed by atoms with van der Waals surface area (Å²) in [6.07, 6.45) is 17.3. The van der Waals surface area contributed by atoms with Gasteiger partial charge in [0.1, 0.15) is 6.42 Å². The van der Waals surface area contributed by atoms with Crippen LogP contribution in [-0.2, 0) is 4.79 Å². The van der Waals surface area contributed by atoms with E-state index in [1.807, 2.05) is 6.08 Å². The summed E-state index contributed by atoms with van der Waals surface area (Å²) >= 11 is 0. The predicted octanol–water partition coefficient (Wildman–Crippen LogP) is 5.67. The Morgan fingerprint density at radius 3 is 2.11 bits per heavy atom. The van der Waals surface area contributed by atoms with Gasteiger partial charge in [0.15, 0.2) is 6.29 Å². The molecule has 7 heteroatoms. The van der Waals surface area contributed by atoms with Gasteiger partial charge in [0, 0.05) is 6.42 Å². The van der Waals surface area contributed by atoms with Crippen LogP contribution in [0.1, 0.15) is 84.0 Å². The number of carbonyl (C=O) groups excluding carboxylic acids is 1. The summed E-state index contributed by atoms with van der Waals surface area (Å²) in [7, 11) is 0. The van der Waals surface area contributed by atoms with Crippen LogP contribution in [0.3, 0.4) is 0 Å². The second kappa shape index (κ2) is 17.1. The van der Waals surface area contributed by atoms with E-state index in [0.29, 0.717) is 32.1 Å². The van der Waals surface area contributed by atoms with Crippen LogP contribution < -0.4 is 0 Å². The lowest BCUT2D eigenvalue weighted by molar-refractivity contribution is -0.450. The number of nitro groups is 2. The average molecular weight is 379 g/mol. The molecule has 0 amide bonds. The molecular weight excluding hydrogens is 348 g/mol. The largest absolute Gasteiger partial charge is 0.291 e. The van der Waals surface area contributed by atoms with Gasteiger partial charge < -0.3 is 0 Å². The molecule has 0 heterocycles. The van der Waals surface area contributed by atoms with Gasteiger partial charge in [0.05, 0.1) is 9.85 Å². The maximum absolute atomic E-state index is 11.2.